The molecule has 2 rings (SSSR count). The van der Waals surface area contributed by atoms with Gasteiger partial charge in [0.2, 0.25) is 5.88 Å². The van der Waals surface area contributed by atoms with E-state index in [4.69, 9.17) is 4.74 Å². The lowest BCUT2D eigenvalue weighted by Gasteiger charge is -2.12. The van der Waals surface area contributed by atoms with Crippen LogP contribution in [0, 0.1) is 30.9 Å². The molecular formula is C14H16N4O3. The second-order valence-corrected chi connectivity index (χ2v) is 4.61. The standard InChI is InChI=1S/C14H16N4O3/c1-8-7-11(5-6-12(8)18(19)20)21-14-9(2)13(15-4)16-10(3)17-14/h5-7H,1-4H3,(H,15,16,17). The van der Waals surface area contributed by atoms with Gasteiger partial charge in [0.25, 0.3) is 5.69 Å². The largest absolute Gasteiger partial charge is 0.439 e. The Bertz CT molecular complexity index is 701. The maximum Gasteiger partial charge on any atom is 0.272 e. The van der Waals surface area contributed by atoms with Gasteiger partial charge in [0.1, 0.15) is 17.4 Å². The number of nitro benzene ring substituents is 1. The SMILES string of the molecule is CNc1nc(C)nc(Oc2ccc([N+](=O)[O-])c(C)c2)c1C. The Morgan fingerprint density at radius 1 is 1.24 bits per heavy atom. The molecule has 2 aromatic rings. The van der Waals surface area contributed by atoms with Gasteiger partial charge < -0.3 is 10.1 Å². The van der Waals surface area contributed by atoms with Gasteiger partial charge in [-0.25, -0.2) is 4.98 Å². The summed E-state index contributed by atoms with van der Waals surface area (Å²) in [5.41, 5.74) is 1.38. The molecule has 1 heterocycles. The van der Waals surface area contributed by atoms with Crippen molar-refractivity contribution in [3.8, 4) is 11.6 Å². The minimum Gasteiger partial charge on any atom is -0.439 e. The number of rotatable bonds is 4. The van der Waals surface area contributed by atoms with Crippen molar-refractivity contribution in [2.24, 2.45) is 0 Å². The van der Waals surface area contributed by atoms with Gasteiger partial charge in [-0.1, -0.05) is 0 Å². The highest BCUT2D eigenvalue weighted by Crippen LogP contribution is 2.29. The number of aryl methyl sites for hydroxylation is 2. The Morgan fingerprint density at radius 3 is 2.52 bits per heavy atom. The molecule has 0 spiro atoms. The summed E-state index contributed by atoms with van der Waals surface area (Å²) in [6.45, 7) is 5.29. The van der Waals surface area contributed by atoms with Gasteiger partial charge in [0.15, 0.2) is 0 Å². The first-order valence-corrected chi connectivity index (χ1v) is 6.38. The molecule has 21 heavy (non-hydrogen) atoms. The Morgan fingerprint density at radius 2 is 1.95 bits per heavy atom. The van der Waals surface area contributed by atoms with E-state index in [0.717, 1.165) is 5.56 Å². The van der Waals surface area contributed by atoms with E-state index >= 15 is 0 Å². The number of hydrogen-bond acceptors (Lipinski definition) is 6. The maximum atomic E-state index is 10.8. The molecule has 0 aliphatic carbocycles. The average molecular weight is 288 g/mol. The fraction of sp³-hybridized carbons (Fsp3) is 0.286. The van der Waals surface area contributed by atoms with Crippen LogP contribution in [0.5, 0.6) is 11.6 Å². The molecule has 110 valence electrons. The summed E-state index contributed by atoms with van der Waals surface area (Å²) >= 11 is 0. The molecule has 0 saturated carbocycles. The molecule has 0 fully saturated rings. The Kier molecular flexibility index (Phi) is 4.02. The van der Waals surface area contributed by atoms with Crippen LogP contribution < -0.4 is 10.1 Å². The van der Waals surface area contributed by atoms with Crippen molar-refractivity contribution in [1.29, 1.82) is 0 Å². The summed E-state index contributed by atoms with van der Waals surface area (Å²) in [6, 6.07) is 4.60. The third kappa shape index (κ3) is 3.07. The smallest absolute Gasteiger partial charge is 0.272 e. The van der Waals surface area contributed by atoms with Crippen LogP contribution in [0.3, 0.4) is 0 Å². The Labute approximate surface area is 122 Å². The highest BCUT2D eigenvalue weighted by molar-refractivity contribution is 5.50. The number of ether oxygens (including phenoxy) is 1. The van der Waals surface area contributed by atoms with Gasteiger partial charge in [-0.3, -0.25) is 10.1 Å². The second-order valence-electron chi connectivity index (χ2n) is 4.61. The van der Waals surface area contributed by atoms with E-state index in [1.165, 1.54) is 6.07 Å². The number of anilines is 1. The van der Waals surface area contributed by atoms with E-state index < -0.39 is 4.92 Å². The summed E-state index contributed by atoms with van der Waals surface area (Å²) in [7, 11) is 1.77. The van der Waals surface area contributed by atoms with Gasteiger partial charge in [0, 0.05) is 18.7 Å². The first kappa shape index (κ1) is 14.7. The van der Waals surface area contributed by atoms with Crippen molar-refractivity contribution >= 4 is 11.5 Å². The fourth-order valence-corrected chi connectivity index (χ4v) is 1.95. The molecule has 1 aromatic heterocycles. The zero-order chi connectivity index (χ0) is 15.6. The van der Waals surface area contributed by atoms with Gasteiger partial charge in [0.05, 0.1) is 10.5 Å². The van der Waals surface area contributed by atoms with Gasteiger partial charge in [-0.15, -0.1) is 0 Å². The zero-order valence-corrected chi connectivity index (χ0v) is 12.3. The highest BCUT2D eigenvalue weighted by Gasteiger charge is 2.14. The van der Waals surface area contributed by atoms with Crippen molar-refractivity contribution < 1.29 is 9.66 Å². The third-order valence-corrected chi connectivity index (χ3v) is 3.03. The number of aromatic nitrogens is 2. The number of nitrogens with one attached hydrogen (secondary N) is 1. The van der Waals surface area contributed by atoms with Crippen molar-refractivity contribution in [1.82, 2.24) is 9.97 Å². The molecule has 0 bridgehead atoms. The summed E-state index contributed by atoms with van der Waals surface area (Å²) in [4.78, 5) is 18.9. The topological polar surface area (TPSA) is 90.2 Å². The molecule has 0 radical (unpaired) electrons. The summed E-state index contributed by atoms with van der Waals surface area (Å²) in [5.74, 6) is 2.20. The molecule has 1 aromatic carbocycles. The van der Waals surface area contributed by atoms with Crippen LogP contribution in [-0.2, 0) is 0 Å². The lowest BCUT2D eigenvalue weighted by atomic mass is 10.2. The maximum absolute atomic E-state index is 10.8. The van der Waals surface area contributed by atoms with Crippen molar-refractivity contribution in [2.45, 2.75) is 20.8 Å². The normalized spacial score (nSPS) is 10.3. The van der Waals surface area contributed by atoms with Crippen LogP contribution in [0.15, 0.2) is 18.2 Å². The van der Waals surface area contributed by atoms with Gasteiger partial charge in [-0.05, 0) is 32.9 Å². The molecule has 1 N–H and O–H groups in total. The number of hydrogen-bond donors (Lipinski definition) is 1. The van der Waals surface area contributed by atoms with Crippen LogP contribution >= 0.6 is 0 Å². The van der Waals surface area contributed by atoms with Crippen LogP contribution in [-0.4, -0.2) is 21.9 Å². The molecule has 0 aliphatic heterocycles. The minimum atomic E-state index is -0.418. The summed E-state index contributed by atoms with van der Waals surface area (Å²) in [5, 5.41) is 13.8. The molecule has 0 amide bonds. The van der Waals surface area contributed by atoms with Crippen molar-refractivity contribution in [3.05, 3.63) is 45.3 Å². The predicted molar refractivity (Wildman–Crippen MR) is 79.0 cm³/mol. The molecule has 0 unspecified atom stereocenters. The first-order chi connectivity index (χ1) is 9.92. The molecule has 0 aliphatic rings. The fourth-order valence-electron chi connectivity index (χ4n) is 1.95. The number of benzene rings is 1. The van der Waals surface area contributed by atoms with E-state index in [2.05, 4.69) is 15.3 Å². The monoisotopic (exact) mass is 288 g/mol. The number of nitro groups is 1. The molecule has 7 heteroatoms. The quantitative estimate of drug-likeness (QED) is 0.686. The van der Waals surface area contributed by atoms with Gasteiger partial charge in [-0.2, -0.15) is 4.98 Å². The van der Waals surface area contributed by atoms with Crippen LogP contribution in [0.25, 0.3) is 0 Å². The summed E-state index contributed by atoms with van der Waals surface area (Å²) < 4.78 is 5.73. The van der Waals surface area contributed by atoms with E-state index in [-0.39, 0.29) is 5.69 Å². The lowest BCUT2D eigenvalue weighted by Crippen LogP contribution is -2.03. The molecule has 0 saturated heterocycles. The van der Waals surface area contributed by atoms with Crippen LogP contribution in [0.4, 0.5) is 11.5 Å². The Balaban J connectivity index is 2.37. The molecular weight excluding hydrogens is 272 g/mol. The molecule has 7 nitrogen and oxygen atoms in total. The van der Waals surface area contributed by atoms with Crippen LogP contribution in [0.2, 0.25) is 0 Å². The second kappa shape index (κ2) is 5.74. The summed E-state index contributed by atoms with van der Waals surface area (Å²) in [6.07, 6.45) is 0. The van der Waals surface area contributed by atoms with Crippen molar-refractivity contribution in [2.75, 3.05) is 12.4 Å². The van der Waals surface area contributed by atoms with Crippen LogP contribution in [0.1, 0.15) is 17.0 Å². The molecule has 0 atom stereocenters. The third-order valence-electron chi connectivity index (χ3n) is 3.03. The van der Waals surface area contributed by atoms with E-state index in [1.54, 1.807) is 33.0 Å². The average Bonchev–Trinajstić information content (AvgIpc) is 2.42. The minimum absolute atomic E-state index is 0.0638. The van der Waals surface area contributed by atoms with Crippen molar-refractivity contribution in [3.63, 3.8) is 0 Å². The Hall–Kier alpha value is -2.70. The van der Waals surface area contributed by atoms with E-state index in [9.17, 15) is 10.1 Å². The zero-order valence-electron chi connectivity index (χ0n) is 12.3. The van der Waals surface area contributed by atoms with Gasteiger partial charge >= 0.3 is 0 Å². The first-order valence-electron chi connectivity index (χ1n) is 6.38. The van der Waals surface area contributed by atoms with E-state index in [0.29, 0.717) is 28.8 Å². The number of nitrogens with zero attached hydrogens (tertiary/aromatic N) is 3. The highest BCUT2D eigenvalue weighted by atomic mass is 16.6. The predicted octanol–water partition coefficient (Wildman–Crippen LogP) is 3.14. The lowest BCUT2D eigenvalue weighted by molar-refractivity contribution is -0.385. The van der Waals surface area contributed by atoms with E-state index in [1.807, 2.05) is 6.92 Å².